The standard InChI is InChI=1S/C13H11Cl2F3O3/c1-12(2,21-11(20)13(16,17)18)6-10(19)8-4-3-7(14)5-9(8)15/h3-5H,6H2,1-2H3. The van der Waals surface area contributed by atoms with Gasteiger partial charge in [0.15, 0.2) is 5.78 Å². The molecule has 0 unspecified atom stereocenters. The first-order valence-corrected chi connectivity index (χ1v) is 6.46. The Morgan fingerprint density at radius 1 is 1.19 bits per heavy atom. The van der Waals surface area contributed by atoms with Crippen molar-refractivity contribution >= 4 is 35.0 Å². The van der Waals surface area contributed by atoms with Crippen molar-refractivity contribution < 1.29 is 27.5 Å². The first-order valence-electron chi connectivity index (χ1n) is 5.71. The van der Waals surface area contributed by atoms with Gasteiger partial charge in [-0.1, -0.05) is 23.2 Å². The summed E-state index contributed by atoms with van der Waals surface area (Å²) in [5, 5.41) is 0.393. The van der Waals surface area contributed by atoms with Gasteiger partial charge in [0.2, 0.25) is 0 Å². The van der Waals surface area contributed by atoms with Crippen LogP contribution >= 0.6 is 23.2 Å². The zero-order valence-electron chi connectivity index (χ0n) is 11.1. The van der Waals surface area contributed by atoms with Crippen molar-refractivity contribution in [3.63, 3.8) is 0 Å². The highest BCUT2D eigenvalue weighted by Gasteiger charge is 2.44. The Balaban J connectivity index is 2.83. The van der Waals surface area contributed by atoms with Gasteiger partial charge < -0.3 is 4.74 Å². The molecule has 0 aliphatic rings. The van der Waals surface area contributed by atoms with Crippen molar-refractivity contribution in [3.8, 4) is 0 Å². The molecule has 0 N–H and O–H groups in total. The summed E-state index contributed by atoms with van der Waals surface area (Å²) in [4.78, 5) is 22.8. The zero-order valence-corrected chi connectivity index (χ0v) is 12.6. The molecular formula is C13H11Cl2F3O3. The lowest BCUT2D eigenvalue weighted by molar-refractivity contribution is -0.211. The smallest absolute Gasteiger partial charge is 0.453 e. The maximum absolute atomic E-state index is 12.2. The van der Waals surface area contributed by atoms with Gasteiger partial charge in [0.1, 0.15) is 5.60 Å². The number of rotatable bonds is 4. The second-order valence-corrected chi connectivity index (χ2v) is 5.71. The third-order valence-corrected chi connectivity index (χ3v) is 2.97. The van der Waals surface area contributed by atoms with E-state index in [1.165, 1.54) is 32.0 Å². The molecular weight excluding hydrogens is 332 g/mol. The fourth-order valence-corrected chi connectivity index (χ4v) is 2.06. The Hall–Kier alpha value is -1.27. The molecule has 1 rings (SSSR count). The van der Waals surface area contributed by atoms with Crippen LogP contribution in [0.1, 0.15) is 30.6 Å². The molecule has 21 heavy (non-hydrogen) atoms. The molecule has 116 valence electrons. The van der Waals surface area contributed by atoms with E-state index < -0.39 is 30.0 Å². The summed E-state index contributed by atoms with van der Waals surface area (Å²) in [5.74, 6) is -2.90. The summed E-state index contributed by atoms with van der Waals surface area (Å²) in [6.07, 6.45) is -5.56. The number of benzene rings is 1. The Morgan fingerprint density at radius 2 is 1.76 bits per heavy atom. The van der Waals surface area contributed by atoms with Crippen LogP contribution in [0.15, 0.2) is 18.2 Å². The Labute approximate surface area is 129 Å². The van der Waals surface area contributed by atoms with Gasteiger partial charge in [-0.05, 0) is 32.0 Å². The van der Waals surface area contributed by atoms with E-state index in [0.717, 1.165) is 0 Å². The predicted molar refractivity (Wildman–Crippen MR) is 71.6 cm³/mol. The van der Waals surface area contributed by atoms with Crippen LogP contribution in [-0.4, -0.2) is 23.5 Å². The first kappa shape index (κ1) is 17.8. The number of alkyl halides is 3. The van der Waals surface area contributed by atoms with Gasteiger partial charge in [-0.25, -0.2) is 4.79 Å². The number of ketones is 1. The lowest BCUT2D eigenvalue weighted by atomic mass is 9.97. The largest absolute Gasteiger partial charge is 0.490 e. The number of hydrogen-bond acceptors (Lipinski definition) is 3. The van der Waals surface area contributed by atoms with E-state index in [4.69, 9.17) is 23.2 Å². The minimum absolute atomic E-state index is 0.0745. The first-order chi connectivity index (χ1) is 9.42. The number of Topliss-reactive ketones (excluding diaryl/α,β-unsaturated/α-hetero) is 1. The number of hydrogen-bond donors (Lipinski definition) is 0. The molecule has 0 saturated carbocycles. The Bertz CT molecular complexity index is 568. The summed E-state index contributed by atoms with van der Waals surface area (Å²) in [6, 6.07) is 4.12. The average molecular weight is 343 g/mol. The van der Waals surface area contributed by atoms with E-state index in [-0.39, 0.29) is 10.6 Å². The third kappa shape index (κ3) is 5.21. The molecule has 3 nitrogen and oxygen atoms in total. The van der Waals surface area contributed by atoms with Crippen LogP contribution in [-0.2, 0) is 9.53 Å². The molecule has 1 aromatic rings. The summed E-state index contributed by atoms with van der Waals surface area (Å²) in [7, 11) is 0. The molecule has 0 aliphatic heterocycles. The van der Waals surface area contributed by atoms with E-state index in [1.54, 1.807) is 0 Å². The van der Waals surface area contributed by atoms with Crippen LogP contribution < -0.4 is 0 Å². The number of ether oxygens (including phenoxy) is 1. The summed E-state index contributed by atoms with van der Waals surface area (Å²) < 4.78 is 40.8. The van der Waals surface area contributed by atoms with Crippen LogP contribution in [0.25, 0.3) is 0 Å². The van der Waals surface area contributed by atoms with Gasteiger partial charge >= 0.3 is 12.1 Å². The fraction of sp³-hybridized carbons (Fsp3) is 0.385. The molecule has 0 amide bonds. The molecule has 0 radical (unpaired) electrons. The molecule has 0 aromatic heterocycles. The van der Waals surface area contributed by atoms with E-state index in [9.17, 15) is 22.8 Å². The SMILES string of the molecule is CC(C)(CC(=O)c1ccc(Cl)cc1Cl)OC(=O)C(F)(F)F. The minimum Gasteiger partial charge on any atom is -0.453 e. The summed E-state index contributed by atoms with van der Waals surface area (Å²) >= 11 is 11.5. The third-order valence-electron chi connectivity index (χ3n) is 2.42. The maximum atomic E-state index is 12.2. The molecule has 0 heterocycles. The topological polar surface area (TPSA) is 43.4 Å². The monoisotopic (exact) mass is 342 g/mol. The van der Waals surface area contributed by atoms with Crippen molar-refractivity contribution in [1.82, 2.24) is 0 Å². The molecule has 0 fully saturated rings. The number of halogens is 5. The van der Waals surface area contributed by atoms with Gasteiger partial charge in [0.25, 0.3) is 0 Å². The van der Waals surface area contributed by atoms with Gasteiger partial charge in [-0.15, -0.1) is 0 Å². The highest BCUT2D eigenvalue weighted by atomic mass is 35.5. The Morgan fingerprint density at radius 3 is 2.24 bits per heavy atom. The molecule has 1 aromatic carbocycles. The van der Waals surface area contributed by atoms with Gasteiger partial charge in [0, 0.05) is 10.6 Å². The van der Waals surface area contributed by atoms with E-state index >= 15 is 0 Å². The lowest BCUT2D eigenvalue weighted by Crippen LogP contribution is -2.37. The van der Waals surface area contributed by atoms with Crippen molar-refractivity contribution in [2.75, 3.05) is 0 Å². The van der Waals surface area contributed by atoms with Crippen molar-refractivity contribution in [1.29, 1.82) is 0 Å². The van der Waals surface area contributed by atoms with Crippen LogP contribution in [0.5, 0.6) is 0 Å². The second kappa shape index (κ2) is 6.23. The van der Waals surface area contributed by atoms with Crippen LogP contribution in [0, 0.1) is 0 Å². The van der Waals surface area contributed by atoms with E-state index in [1.807, 2.05) is 0 Å². The quantitative estimate of drug-likeness (QED) is 0.599. The van der Waals surface area contributed by atoms with Crippen LogP contribution in [0.3, 0.4) is 0 Å². The van der Waals surface area contributed by atoms with Crippen molar-refractivity contribution in [3.05, 3.63) is 33.8 Å². The highest BCUT2D eigenvalue weighted by molar-refractivity contribution is 6.36. The van der Waals surface area contributed by atoms with Gasteiger partial charge in [0.05, 0.1) is 11.4 Å². The molecule has 0 spiro atoms. The Kier molecular flexibility index (Phi) is 5.28. The number of carbonyl (C=O) groups is 2. The van der Waals surface area contributed by atoms with Crippen LogP contribution in [0.2, 0.25) is 10.0 Å². The van der Waals surface area contributed by atoms with E-state index in [2.05, 4.69) is 4.74 Å². The predicted octanol–water partition coefficient (Wildman–Crippen LogP) is 4.45. The number of carbonyl (C=O) groups excluding carboxylic acids is 2. The summed E-state index contributed by atoms with van der Waals surface area (Å²) in [5.41, 5.74) is -1.52. The fourth-order valence-electron chi connectivity index (χ4n) is 1.54. The van der Waals surface area contributed by atoms with E-state index in [0.29, 0.717) is 5.02 Å². The van der Waals surface area contributed by atoms with Gasteiger partial charge in [-0.3, -0.25) is 4.79 Å². The minimum atomic E-state index is -5.11. The number of esters is 1. The average Bonchev–Trinajstić information content (AvgIpc) is 2.25. The molecule has 8 heteroatoms. The molecule has 0 bridgehead atoms. The van der Waals surface area contributed by atoms with Gasteiger partial charge in [-0.2, -0.15) is 13.2 Å². The second-order valence-electron chi connectivity index (χ2n) is 4.87. The highest BCUT2D eigenvalue weighted by Crippen LogP contribution is 2.27. The molecule has 0 atom stereocenters. The van der Waals surface area contributed by atoms with Crippen LogP contribution in [0.4, 0.5) is 13.2 Å². The lowest BCUT2D eigenvalue weighted by Gasteiger charge is -2.25. The van der Waals surface area contributed by atoms with Crippen molar-refractivity contribution in [2.24, 2.45) is 0 Å². The summed E-state index contributed by atoms with van der Waals surface area (Å²) in [6.45, 7) is 2.41. The normalized spacial score (nSPS) is 12.1. The van der Waals surface area contributed by atoms with Crippen molar-refractivity contribution in [2.45, 2.75) is 32.0 Å². The molecule has 0 saturated heterocycles. The maximum Gasteiger partial charge on any atom is 0.490 e. The molecule has 0 aliphatic carbocycles. The zero-order chi connectivity index (χ0) is 16.4.